The minimum atomic E-state index is 0.0849. The minimum absolute atomic E-state index is 0.0849. The van der Waals surface area contributed by atoms with Gasteiger partial charge in [-0.25, -0.2) is 0 Å². The molecule has 0 fully saturated rings. The van der Waals surface area contributed by atoms with Gasteiger partial charge in [0.15, 0.2) is 0 Å². The lowest BCUT2D eigenvalue weighted by Crippen LogP contribution is -2.26. The minimum Gasteiger partial charge on any atom is -0.342 e. The highest BCUT2D eigenvalue weighted by Gasteiger charge is 2.13. The highest BCUT2D eigenvalue weighted by Crippen LogP contribution is 2.25. The third-order valence-electron chi connectivity index (χ3n) is 4.19. The molecule has 2 nitrogen and oxygen atoms in total. The Hall–Kier alpha value is -2.09. The van der Waals surface area contributed by atoms with E-state index in [-0.39, 0.29) is 5.91 Å². The van der Waals surface area contributed by atoms with E-state index >= 15 is 0 Å². The van der Waals surface area contributed by atoms with E-state index in [0.717, 1.165) is 23.2 Å². The van der Waals surface area contributed by atoms with Crippen molar-refractivity contribution in [3.8, 4) is 11.1 Å². The Balaban J connectivity index is 2.31. The molecule has 22 heavy (non-hydrogen) atoms. The Labute approximate surface area is 133 Å². The van der Waals surface area contributed by atoms with E-state index in [2.05, 4.69) is 44.2 Å². The summed E-state index contributed by atoms with van der Waals surface area (Å²) in [5.74, 6) is 0.627. The van der Waals surface area contributed by atoms with Crippen LogP contribution in [0.2, 0.25) is 0 Å². The first kappa shape index (κ1) is 16.3. The van der Waals surface area contributed by atoms with Crippen molar-refractivity contribution >= 4 is 5.91 Å². The van der Waals surface area contributed by atoms with Crippen LogP contribution < -0.4 is 0 Å². The highest BCUT2D eigenvalue weighted by atomic mass is 16.2. The Morgan fingerprint density at radius 3 is 2.14 bits per heavy atom. The van der Waals surface area contributed by atoms with Gasteiger partial charge in [0.1, 0.15) is 0 Å². The Kier molecular flexibility index (Phi) is 5.02. The Morgan fingerprint density at radius 1 is 1.05 bits per heavy atom. The van der Waals surface area contributed by atoms with Crippen LogP contribution in [-0.2, 0) is 0 Å². The van der Waals surface area contributed by atoms with Crippen molar-refractivity contribution in [1.29, 1.82) is 0 Å². The van der Waals surface area contributed by atoms with Gasteiger partial charge < -0.3 is 4.90 Å². The largest absolute Gasteiger partial charge is 0.342 e. The standard InChI is InChI=1S/C20H25NO/c1-6-21(5)20(22)19-12-11-18(13-15(19)4)17-9-7-16(8-10-17)14(2)3/h7-14H,6H2,1-5H3. The molecule has 0 aliphatic carbocycles. The van der Waals surface area contributed by atoms with Crippen LogP contribution in [0.3, 0.4) is 0 Å². The summed E-state index contributed by atoms with van der Waals surface area (Å²) in [5.41, 5.74) is 5.50. The molecule has 0 heterocycles. The maximum absolute atomic E-state index is 12.3. The lowest BCUT2D eigenvalue weighted by molar-refractivity contribution is 0.0802. The summed E-state index contributed by atoms with van der Waals surface area (Å²) in [6.07, 6.45) is 0. The molecule has 0 aliphatic rings. The van der Waals surface area contributed by atoms with Crippen molar-refractivity contribution < 1.29 is 4.79 Å². The third kappa shape index (κ3) is 3.38. The van der Waals surface area contributed by atoms with Gasteiger partial charge in [0, 0.05) is 19.2 Å². The number of rotatable bonds is 4. The van der Waals surface area contributed by atoms with Crippen LogP contribution in [0, 0.1) is 6.92 Å². The van der Waals surface area contributed by atoms with Crippen molar-refractivity contribution in [1.82, 2.24) is 4.90 Å². The van der Waals surface area contributed by atoms with Crippen molar-refractivity contribution in [3.63, 3.8) is 0 Å². The molecule has 0 saturated heterocycles. The molecule has 116 valence electrons. The van der Waals surface area contributed by atoms with Crippen molar-refractivity contribution in [2.45, 2.75) is 33.6 Å². The average molecular weight is 295 g/mol. The van der Waals surface area contributed by atoms with Gasteiger partial charge in [-0.1, -0.05) is 50.2 Å². The number of hydrogen-bond acceptors (Lipinski definition) is 1. The van der Waals surface area contributed by atoms with Crippen LogP contribution >= 0.6 is 0 Å². The van der Waals surface area contributed by atoms with Crippen LogP contribution in [0.25, 0.3) is 11.1 Å². The van der Waals surface area contributed by atoms with Gasteiger partial charge >= 0.3 is 0 Å². The molecule has 0 radical (unpaired) electrons. The van der Waals surface area contributed by atoms with Gasteiger partial charge in [-0.15, -0.1) is 0 Å². The van der Waals surface area contributed by atoms with Gasteiger partial charge in [-0.05, 0) is 48.1 Å². The maximum Gasteiger partial charge on any atom is 0.253 e. The molecule has 0 spiro atoms. The van der Waals surface area contributed by atoms with Crippen molar-refractivity contribution in [2.75, 3.05) is 13.6 Å². The fourth-order valence-electron chi connectivity index (χ4n) is 2.49. The first-order chi connectivity index (χ1) is 10.4. The SMILES string of the molecule is CCN(C)C(=O)c1ccc(-c2ccc(C(C)C)cc2)cc1C. The summed E-state index contributed by atoms with van der Waals surface area (Å²) in [7, 11) is 1.83. The quantitative estimate of drug-likeness (QED) is 0.787. The van der Waals surface area contributed by atoms with Crippen molar-refractivity contribution in [2.24, 2.45) is 0 Å². The van der Waals surface area contributed by atoms with Crippen LogP contribution in [0.4, 0.5) is 0 Å². The topological polar surface area (TPSA) is 20.3 Å². The summed E-state index contributed by atoms with van der Waals surface area (Å²) >= 11 is 0. The second kappa shape index (κ2) is 6.78. The number of nitrogens with zero attached hydrogens (tertiary/aromatic N) is 1. The van der Waals surface area contributed by atoms with Crippen LogP contribution in [0.5, 0.6) is 0 Å². The summed E-state index contributed by atoms with van der Waals surface area (Å²) in [5, 5.41) is 0. The molecule has 0 aliphatic heterocycles. The summed E-state index contributed by atoms with van der Waals surface area (Å²) in [6, 6.07) is 14.7. The third-order valence-corrected chi connectivity index (χ3v) is 4.19. The molecule has 2 aromatic rings. The fraction of sp³-hybridized carbons (Fsp3) is 0.350. The molecule has 0 bridgehead atoms. The van der Waals surface area contributed by atoms with E-state index < -0.39 is 0 Å². The molecule has 2 aromatic carbocycles. The van der Waals surface area contributed by atoms with Crippen LogP contribution in [0.15, 0.2) is 42.5 Å². The lowest BCUT2D eigenvalue weighted by Gasteiger charge is -2.16. The monoisotopic (exact) mass is 295 g/mol. The second-order valence-corrected chi connectivity index (χ2v) is 6.13. The molecule has 1 amide bonds. The number of aryl methyl sites for hydroxylation is 1. The summed E-state index contributed by atoms with van der Waals surface area (Å²) in [4.78, 5) is 14.0. The molecule has 0 N–H and O–H groups in total. The first-order valence-corrected chi connectivity index (χ1v) is 7.90. The zero-order valence-electron chi connectivity index (χ0n) is 14.2. The number of amides is 1. The molecule has 0 unspecified atom stereocenters. The zero-order chi connectivity index (χ0) is 16.3. The molecule has 0 saturated carbocycles. The van der Waals surface area contributed by atoms with Gasteiger partial charge in [-0.2, -0.15) is 0 Å². The van der Waals surface area contributed by atoms with Crippen LogP contribution in [0.1, 0.15) is 48.2 Å². The number of benzene rings is 2. The molecular weight excluding hydrogens is 270 g/mol. The van der Waals surface area contributed by atoms with Gasteiger partial charge in [0.2, 0.25) is 0 Å². The van der Waals surface area contributed by atoms with E-state index in [9.17, 15) is 4.79 Å². The lowest BCUT2D eigenvalue weighted by atomic mass is 9.96. The van der Waals surface area contributed by atoms with E-state index in [0.29, 0.717) is 5.92 Å². The smallest absolute Gasteiger partial charge is 0.253 e. The van der Waals surface area contributed by atoms with Crippen LogP contribution in [-0.4, -0.2) is 24.4 Å². The van der Waals surface area contributed by atoms with E-state index in [1.54, 1.807) is 4.90 Å². The predicted molar refractivity (Wildman–Crippen MR) is 93.3 cm³/mol. The van der Waals surface area contributed by atoms with E-state index in [4.69, 9.17) is 0 Å². The summed E-state index contributed by atoms with van der Waals surface area (Å²) < 4.78 is 0. The molecule has 0 aromatic heterocycles. The average Bonchev–Trinajstić information content (AvgIpc) is 2.53. The Bertz CT molecular complexity index is 656. The molecule has 2 rings (SSSR count). The predicted octanol–water partition coefficient (Wildman–Crippen LogP) is 4.88. The number of carbonyl (C=O) groups excluding carboxylic acids is 1. The molecule has 2 heteroatoms. The van der Waals surface area contributed by atoms with Gasteiger partial charge in [0.25, 0.3) is 5.91 Å². The molecule has 0 atom stereocenters. The number of hydrogen-bond donors (Lipinski definition) is 0. The normalized spacial score (nSPS) is 10.8. The zero-order valence-corrected chi connectivity index (χ0v) is 14.2. The first-order valence-electron chi connectivity index (χ1n) is 7.90. The van der Waals surface area contributed by atoms with Gasteiger partial charge in [0.05, 0.1) is 0 Å². The van der Waals surface area contributed by atoms with Crippen molar-refractivity contribution in [3.05, 3.63) is 59.2 Å². The van der Waals surface area contributed by atoms with E-state index in [1.807, 2.05) is 33.0 Å². The van der Waals surface area contributed by atoms with E-state index in [1.165, 1.54) is 11.1 Å². The number of carbonyl (C=O) groups is 1. The highest BCUT2D eigenvalue weighted by molar-refractivity contribution is 5.96. The Morgan fingerprint density at radius 2 is 1.64 bits per heavy atom. The second-order valence-electron chi connectivity index (χ2n) is 6.13. The maximum atomic E-state index is 12.3. The fourth-order valence-corrected chi connectivity index (χ4v) is 2.49. The summed E-state index contributed by atoms with van der Waals surface area (Å²) in [6.45, 7) is 9.10. The van der Waals surface area contributed by atoms with Gasteiger partial charge in [-0.3, -0.25) is 4.79 Å². The molecular formula is C20H25NO.